The topological polar surface area (TPSA) is 76.9 Å². The fourth-order valence-electron chi connectivity index (χ4n) is 2.49. The minimum atomic E-state index is -0.834. The highest BCUT2D eigenvalue weighted by molar-refractivity contribution is 6.31. The summed E-state index contributed by atoms with van der Waals surface area (Å²) < 4.78 is 1.04. The van der Waals surface area contributed by atoms with Gasteiger partial charge in [-0.25, -0.2) is 9.48 Å². The van der Waals surface area contributed by atoms with E-state index in [-0.39, 0.29) is 5.91 Å². The number of halogens is 2. The molecule has 8 heteroatoms. The standard InChI is InChI=1S/C19H16Cl2N4O2/c1-11-9-15(21)7-8-16(11)23-18(26)12(2)25-19(27)24-17(10-22-25)13-3-5-14(20)6-4-13/h3-10,12H,1-2H3,(H,23,26). The van der Waals surface area contributed by atoms with E-state index in [1.807, 2.05) is 6.92 Å². The van der Waals surface area contributed by atoms with Gasteiger partial charge in [-0.1, -0.05) is 35.3 Å². The SMILES string of the molecule is Cc1cc(Cl)ccc1NC(=O)C(C)n1ncc(-c2ccc(Cl)cc2)nc1=O. The Bertz CT molecular complexity index is 1050. The number of amides is 1. The smallest absolute Gasteiger partial charge is 0.324 e. The summed E-state index contributed by atoms with van der Waals surface area (Å²) in [6.07, 6.45) is 1.45. The number of carbonyl (C=O) groups excluding carboxylic acids is 1. The van der Waals surface area contributed by atoms with Crippen LogP contribution in [0.5, 0.6) is 0 Å². The molecule has 0 aliphatic heterocycles. The van der Waals surface area contributed by atoms with E-state index in [0.717, 1.165) is 10.2 Å². The van der Waals surface area contributed by atoms with Crippen LogP contribution in [0.2, 0.25) is 10.0 Å². The number of rotatable bonds is 4. The predicted molar refractivity (Wildman–Crippen MR) is 106 cm³/mol. The largest absolute Gasteiger partial charge is 0.365 e. The van der Waals surface area contributed by atoms with Gasteiger partial charge < -0.3 is 5.32 Å². The molecule has 1 amide bonds. The Kier molecular flexibility index (Phi) is 5.58. The van der Waals surface area contributed by atoms with Crippen molar-refractivity contribution in [1.82, 2.24) is 14.8 Å². The molecule has 0 fully saturated rings. The average Bonchev–Trinajstić information content (AvgIpc) is 2.64. The molecule has 0 aliphatic rings. The molecule has 3 rings (SSSR count). The zero-order chi connectivity index (χ0) is 19.6. The number of anilines is 1. The monoisotopic (exact) mass is 402 g/mol. The van der Waals surface area contributed by atoms with Crippen molar-refractivity contribution in [1.29, 1.82) is 0 Å². The maximum absolute atomic E-state index is 12.5. The summed E-state index contributed by atoms with van der Waals surface area (Å²) in [6.45, 7) is 3.41. The van der Waals surface area contributed by atoms with Crippen molar-refractivity contribution >= 4 is 34.8 Å². The molecule has 0 bridgehead atoms. The average molecular weight is 403 g/mol. The first-order chi connectivity index (χ1) is 12.8. The summed E-state index contributed by atoms with van der Waals surface area (Å²) in [7, 11) is 0. The highest BCUT2D eigenvalue weighted by atomic mass is 35.5. The van der Waals surface area contributed by atoms with Crippen molar-refractivity contribution in [2.24, 2.45) is 0 Å². The van der Waals surface area contributed by atoms with Crippen LogP contribution in [0.25, 0.3) is 11.3 Å². The van der Waals surface area contributed by atoms with Gasteiger partial charge in [0.15, 0.2) is 0 Å². The van der Waals surface area contributed by atoms with Crippen LogP contribution in [0.1, 0.15) is 18.5 Å². The molecular formula is C19H16Cl2N4O2. The van der Waals surface area contributed by atoms with Crippen LogP contribution < -0.4 is 11.0 Å². The third-order valence-corrected chi connectivity index (χ3v) is 4.54. The lowest BCUT2D eigenvalue weighted by Crippen LogP contribution is -2.35. The first kappa shape index (κ1) is 19.1. The van der Waals surface area contributed by atoms with Gasteiger partial charge in [0, 0.05) is 21.3 Å². The third kappa shape index (κ3) is 4.35. The molecule has 1 aromatic heterocycles. The molecule has 3 aromatic rings. The van der Waals surface area contributed by atoms with Gasteiger partial charge in [0.25, 0.3) is 0 Å². The molecule has 2 aromatic carbocycles. The molecule has 138 valence electrons. The van der Waals surface area contributed by atoms with Crippen molar-refractivity contribution in [3.05, 3.63) is 74.8 Å². The first-order valence-electron chi connectivity index (χ1n) is 8.14. The molecule has 1 unspecified atom stereocenters. The van der Waals surface area contributed by atoms with Gasteiger partial charge >= 0.3 is 5.69 Å². The summed E-state index contributed by atoms with van der Waals surface area (Å²) in [5.74, 6) is -0.379. The van der Waals surface area contributed by atoms with Crippen LogP contribution in [-0.2, 0) is 4.79 Å². The van der Waals surface area contributed by atoms with Gasteiger partial charge in [0.05, 0.1) is 11.9 Å². The lowest BCUT2D eigenvalue weighted by atomic mass is 10.2. The second kappa shape index (κ2) is 7.90. The second-order valence-corrected chi connectivity index (χ2v) is 6.87. The van der Waals surface area contributed by atoms with E-state index in [4.69, 9.17) is 23.2 Å². The highest BCUT2D eigenvalue weighted by Crippen LogP contribution is 2.21. The molecular weight excluding hydrogens is 387 g/mol. The number of benzene rings is 2. The van der Waals surface area contributed by atoms with Gasteiger partial charge in [-0.15, -0.1) is 0 Å². The number of aryl methyl sites for hydroxylation is 1. The first-order valence-corrected chi connectivity index (χ1v) is 8.89. The van der Waals surface area contributed by atoms with E-state index in [1.54, 1.807) is 49.4 Å². The molecule has 0 saturated carbocycles. The van der Waals surface area contributed by atoms with Gasteiger partial charge in [-0.05, 0) is 49.7 Å². The molecule has 0 saturated heterocycles. The van der Waals surface area contributed by atoms with Crippen molar-refractivity contribution in [3.63, 3.8) is 0 Å². The fourth-order valence-corrected chi connectivity index (χ4v) is 2.84. The van der Waals surface area contributed by atoms with Crippen LogP contribution in [0.15, 0.2) is 53.5 Å². The Morgan fingerprint density at radius 3 is 2.41 bits per heavy atom. The van der Waals surface area contributed by atoms with Crippen LogP contribution in [0, 0.1) is 6.92 Å². The summed E-state index contributed by atoms with van der Waals surface area (Å²) in [4.78, 5) is 28.9. The molecule has 1 atom stereocenters. The number of hydrogen-bond acceptors (Lipinski definition) is 4. The van der Waals surface area contributed by atoms with Gasteiger partial charge in [-0.3, -0.25) is 4.79 Å². The zero-order valence-electron chi connectivity index (χ0n) is 14.6. The van der Waals surface area contributed by atoms with E-state index in [1.165, 1.54) is 6.20 Å². The Balaban J connectivity index is 1.81. The lowest BCUT2D eigenvalue weighted by Gasteiger charge is -2.15. The third-order valence-electron chi connectivity index (χ3n) is 4.05. The summed E-state index contributed by atoms with van der Waals surface area (Å²) in [5, 5.41) is 8.05. The Morgan fingerprint density at radius 1 is 1.11 bits per heavy atom. The number of nitrogens with one attached hydrogen (secondary N) is 1. The molecule has 0 aliphatic carbocycles. The fraction of sp³-hybridized carbons (Fsp3) is 0.158. The van der Waals surface area contributed by atoms with Crippen molar-refractivity contribution in [2.75, 3.05) is 5.32 Å². The Morgan fingerprint density at radius 2 is 1.78 bits per heavy atom. The van der Waals surface area contributed by atoms with Crippen molar-refractivity contribution in [2.45, 2.75) is 19.9 Å². The molecule has 27 heavy (non-hydrogen) atoms. The summed E-state index contributed by atoms with van der Waals surface area (Å²) >= 11 is 11.8. The van der Waals surface area contributed by atoms with Gasteiger partial charge in [0.2, 0.25) is 5.91 Å². The number of carbonyl (C=O) groups is 1. The Labute approximate surface area is 165 Å². The summed E-state index contributed by atoms with van der Waals surface area (Å²) in [5.41, 5.74) is 1.95. The normalized spacial score (nSPS) is 11.9. The number of aromatic nitrogens is 3. The molecule has 0 spiro atoms. The lowest BCUT2D eigenvalue weighted by molar-refractivity contribution is -0.119. The molecule has 1 N–H and O–H groups in total. The van der Waals surface area contributed by atoms with E-state index in [9.17, 15) is 9.59 Å². The highest BCUT2D eigenvalue weighted by Gasteiger charge is 2.19. The minimum absolute atomic E-state index is 0.379. The van der Waals surface area contributed by atoms with Crippen LogP contribution >= 0.6 is 23.2 Å². The van der Waals surface area contributed by atoms with Crippen molar-refractivity contribution in [3.8, 4) is 11.3 Å². The summed E-state index contributed by atoms with van der Waals surface area (Å²) in [6, 6.07) is 11.2. The predicted octanol–water partition coefficient (Wildman–Crippen LogP) is 4.12. The van der Waals surface area contributed by atoms with E-state index in [2.05, 4.69) is 15.4 Å². The number of hydrogen-bond donors (Lipinski definition) is 1. The molecule has 1 heterocycles. The number of nitrogens with zero attached hydrogens (tertiary/aromatic N) is 3. The van der Waals surface area contributed by atoms with Crippen LogP contribution in [0.4, 0.5) is 5.69 Å². The van der Waals surface area contributed by atoms with E-state index in [0.29, 0.717) is 27.0 Å². The second-order valence-electron chi connectivity index (χ2n) is 6.00. The molecule has 6 nitrogen and oxygen atoms in total. The molecule has 0 radical (unpaired) electrons. The van der Waals surface area contributed by atoms with Gasteiger partial charge in [-0.2, -0.15) is 10.1 Å². The minimum Gasteiger partial charge on any atom is -0.324 e. The maximum atomic E-state index is 12.5. The quantitative estimate of drug-likeness (QED) is 0.711. The zero-order valence-corrected chi connectivity index (χ0v) is 16.1. The van der Waals surface area contributed by atoms with Crippen LogP contribution in [0.3, 0.4) is 0 Å². The van der Waals surface area contributed by atoms with E-state index >= 15 is 0 Å². The van der Waals surface area contributed by atoms with Gasteiger partial charge in [0.1, 0.15) is 6.04 Å². The Hall–Kier alpha value is -2.70. The maximum Gasteiger partial charge on any atom is 0.365 e. The van der Waals surface area contributed by atoms with Crippen LogP contribution in [-0.4, -0.2) is 20.7 Å². The van der Waals surface area contributed by atoms with Crippen molar-refractivity contribution < 1.29 is 4.79 Å². The van der Waals surface area contributed by atoms with E-state index < -0.39 is 11.7 Å².